The molecule has 2 heterocycles. The van der Waals surface area contributed by atoms with Crippen molar-refractivity contribution in [2.24, 2.45) is 0 Å². The molecule has 0 N–H and O–H groups in total. The van der Waals surface area contributed by atoms with Crippen LogP contribution >= 0.6 is 0 Å². The summed E-state index contributed by atoms with van der Waals surface area (Å²) in [7, 11) is 0. The van der Waals surface area contributed by atoms with Crippen LogP contribution in [0.2, 0.25) is 0 Å². The monoisotopic (exact) mass is 220 g/mol. The first-order valence-corrected chi connectivity index (χ1v) is 5.36. The standard InChI is InChI=1S/C11H16N4O/c1-8(2)9-13-14-10(16-9)11(3,4)15-7-5-6-12-15/h5-8H,1-4H3. The summed E-state index contributed by atoms with van der Waals surface area (Å²) in [5, 5.41) is 12.3. The van der Waals surface area contributed by atoms with Crippen LogP contribution in [0, 0.1) is 0 Å². The van der Waals surface area contributed by atoms with Crippen molar-refractivity contribution < 1.29 is 4.42 Å². The van der Waals surface area contributed by atoms with Gasteiger partial charge < -0.3 is 4.42 Å². The first-order valence-electron chi connectivity index (χ1n) is 5.36. The smallest absolute Gasteiger partial charge is 0.243 e. The van der Waals surface area contributed by atoms with Gasteiger partial charge in [0.05, 0.1) is 0 Å². The van der Waals surface area contributed by atoms with Crippen LogP contribution in [0.5, 0.6) is 0 Å². The molecule has 2 aromatic rings. The van der Waals surface area contributed by atoms with E-state index < -0.39 is 5.54 Å². The van der Waals surface area contributed by atoms with E-state index in [4.69, 9.17) is 4.42 Å². The molecule has 0 saturated carbocycles. The molecule has 0 aliphatic carbocycles. The predicted molar refractivity (Wildman–Crippen MR) is 59.0 cm³/mol. The quantitative estimate of drug-likeness (QED) is 0.795. The van der Waals surface area contributed by atoms with Crippen molar-refractivity contribution in [2.45, 2.75) is 39.2 Å². The van der Waals surface area contributed by atoms with Gasteiger partial charge in [0.25, 0.3) is 0 Å². The number of hydrogen-bond acceptors (Lipinski definition) is 4. The molecule has 2 rings (SSSR count). The van der Waals surface area contributed by atoms with Crippen molar-refractivity contribution in [3.63, 3.8) is 0 Å². The summed E-state index contributed by atoms with van der Waals surface area (Å²) in [5.74, 6) is 1.49. The summed E-state index contributed by atoms with van der Waals surface area (Å²) < 4.78 is 7.46. The third-order valence-electron chi connectivity index (χ3n) is 2.54. The predicted octanol–water partition coefficient (Wildman–Crippen LogP) is 2.17. The summed E-state index contributed by atoms with van der Waals surface area (Å²) in [6.45, 7) is 8.05. The summed E-state index contributed by atoms with van der Waals surface area (Å²) in [5.41, 5.74) is -0.413. The minimum absolute atomic E-state index is 0.245. The molecule has 0 aliphatic rings. The van der Waals surface area contributed by atoms with Crippen molar-refractivity contribution in [3.05, 3.63) is 30.2 Å². The number of nitrogens with zero attached hydrogens (tertiary/aromatic N) is 4. The molecule has 2 aromatic heterocycles. The number of hydrogen-bond donors (Lipinski definition) is 0. The molecule has 0 aromatic carbocycles. The largest absolute Gasteiger partial charge is 0.422 e. The van der Waals surface area contributed by atoms with Crippen molar-refractivity contribution >= 4 is 0 Å². The van der Waals surface area contributed by atoms with Gasteiger partial charge in [-0.25, -0.2) is 0 Å². The van der Waals surface area contributed by atoms with Crippen LogP contribution in [0.4, 0.5) is 0 Å². The Balaban J connectivity index is 2.36. The van der Waals surface area contributed by atoms with Crippen LogP contribution in [-0.4, -0.2) is 20.0 Å². The van der Waals surface area contributed by atoms with E-state index in [9.17, 15) is 0 Å². The zero-order valence-corrected chi connectivity index (χ0v) is 10.0. The Kier molecular flexibility index (Phi) is 2.53. The van der Waals surface area contributed by atoms with E-state index in [2.05, 4.69) is 15.3 Å². The molecule has 0 aliphatic heterocycles. The Morgan fingerprint density at radius 3 is 2.56 bits per heavy atom. The number of rotatable bonds is 3. The fourth-order valence-electron chi connectivity index (χ4n) is 1.41. The Labute approximate surface area is 94.5 Å². The maximum atomic E-state index is 5.65. The van der Waals surface area contributed by atoms with E-state index in [1.54, 1.807) is 6.20 Å². The fraction of sp³-hybridized carbons (Fsp3) is 0.545. The average molecular weight is 220 g/mol. The first-order chi connectivity index (χ1) is 7.51. The summed E-state index contributed by atoms with van der Waals surface area (Å²) in [6, 6.07) is 1.88. The molecule has 0 fully saturated rings. The van der Waals surface area contributed by atoms with Gasteiger partial charge in [0.2, 0.25) is 11.8 Å². The van der Waals surface area contributed by atoms with Crippen molar-refractivity contribution in [3.8, 4) is 0 Å². The summed E-state index contributed by atoms with van der Waals surface area (Å²) in [6.07, 6.45) is 3.63. The van der Waals surface area contributed by atoms with Crippen LogP contribution in [0.15, 0.2) is 22.9 Å². The SMILES string of the molecule is CC(C)c1nnc(C(C)(C)n2cccn2)o1. The van der Waals surface area contributed by atoms with Crippen LogP contribution in [0.1, 0.15) is 45.4 Å². The topological polar surface area (TPSA) is 56.7 Å². The zero-order chi connectivity index (χ0) is 11.8. The average Bonchev–Trinajstić information content (AvgIpc) is 2.90. The van der Waals surface area contributed by atoms with Crippen LogP contribution in [0.25, 0.3) is 0 Å². The second-order valence-electron chi connectivity index (χ2n) is 4.61. The Morgan fingerprint density at radius 2 is 2.06 bits per heavy atom. The molecule has 0 amide bonds. The van der Waals surface area contributed by atoms with E-state index in [0.29, 0.717) is 11.8 Å². The highest BCUT2D eigenvalue weighted by Crippen LogP contribution is 2.24. The van der Waals surface area contributed by atoms with Crippen molar-refractivity contribution in [1.29, 1.82) is 0 Å². The van der Waals surface area contributed by atoms with Crippen molar-refractivity contribution in [1.82, 2.24) is 20.0 Å². The lowest BCUT2D eigenvalue weighted by Crippen LogP contribution is -2.28. The van der Waals surface area contributed by atoms with Crippen LogP contribution in [0.3, 0.4) is 0 Å². The van der Waals surface area contributed by atoms with E-state index in [1.165, 1.54) is 0 Å². The van der Waals surface area contributed by atoms with Gasteiger partial charge in [0.15, 0.2) is 0 Å². The second-order valence-corrected chi connectivity index (χ2v) is 4.61. The molecule has 0 atom stereocenters. The van der Waals surface area contributed by atoms with E-state index in [1.807, 2.05) is 44.6 Å². The molecule has 86 valence electrons. The van der Waals surface area contributed by atoms with Gasteiger partial charge in [-0.15, -0.1) is 10.2 Å². The molecule has 0 saturated heterocycles. The van der Waals surface area contributed by atoms with E-state index in [0.717, 1.165) is 0 Å². The molecular formula is C11H16N4O. The third-order valence-corrected chi connectivity index (χ3v) is 2.54. The van der Waals surface area contributed by atoms with Gasteiger partial charge in [-0.1, -0.05) is 13.8 Å². The first kappa shape index (κ1) is 10.9. The molecule has 0 bridgehead atoms. The number of aromatic nitrogens is 4. The molecule has 0 unspecified atom stereocenters. The molecule has 5 heteroatoms. The maximum Gasteiger partial charge on any atom is 0.243 e. The highest BCUT2D eigenvalue weighted by atomic mass is 16.4. The van der Waals surface area contributed by atoms with Crippen LogP contribution in [-0.2, 0) is 5.54 Å². The normalized spacial score (nSPS) is 12.3. The molecule has 16 heavy (non-hydrogen) atoms. The van der Waals surface area contributed by atoms with Crippen molar-refractivity contribution in [2.75, 3.05) is 0 Å². The van der Waals surface area contributed by atoms with Gasteiger partial charge in [0.1, 0.15) is 5.54 Å². The third kappa shape index (κ3) is 1.73. The van der Waals surface area contributed by atoms with Gasteiger partial charge in [-0.3, -0.25) is 4.68 Å². The van der Waals surface area contributed by atoms with Gasteiger partial charge >= 0.3 is 0 Å². The minimum Gasteiger partial charge on any atom is -0.422 e. The van der Waals surface area contributed by atoms with E-state index >= 15 is 0 Å². The highest BCUT2D eigenvalue weighted by Gasteiger charge is 2.30. The molecule has 5 nitrogen and oxygen atoms in total. The van der Waals surface area contributed by atoms with Gasteiger partial charge in [0, 0.05) is 18.3 Å². The van der Waals surface area contributed by atoms with Crippen LogP contribution < -0.4 is 0 Å². The maximum absolute atomic E-state index is 5.65. The van der Waals surface area contributed by atoms with E-state index in [-0.39, 0.29) is 5.92 Å². The zero-order valence-electron chi connectivity index (χ0n) is 10.0. The lowest BCUT2D eigenvalue weighted by Gasteiger charge is -2.20. The highest BCUT2D eigenvalue weighted by molar-refractivity contribution is 5.02. The summed E-state index contributed by atoms with van der Waals surface area (Å²) >= 11 is 0. The van der Waals surface area contributed by atoms with Gasteiger partial charge in [-0.05, 0) is 19.9 Å². The summed E-state index contributed by atoms with van der Waals surface area (Å²) in [4.78, 5) is 0. The Hall–Kier alpha value is -1.65. The minimum atomic E-state index is -0.413. The van der Waals surface area contributed by atoms with Gasteiger partial charge in [-0.2, -0.15) is 5.10 Å². The lowest BCUT2D eigenvalue weighted by atomic mass is 10.1. The Bertz CT molecular complexity index is 456. The second kappa shape index (κ2) is 3.73. The fourth-order valence-corrected chi connectivity index (χ4v) is 1.41. The Morgan fingerprint density at radius 1 is 1.31 bits per heavy atom. The molecule has 0 spiro atoms. The lowest BCUT2D eigenvalue weighted by molar-refractivity contribution is 0.286. The molecular weight excluding hydrogens is 204 g/mol. The molecule has 0 radical (unpaired) electrons.